The number of hydrogen-bond acceptors (Lipinski definition) is 1. The molecule has 0 bridgehead atoms. The normalized spacial score (nSPS) is 18.8. The third-order valence-corrected chi connectivity index (χ3v) is 4.38. The van der Waals surface area contributed by atoms with Gasteiger partial charge in [-0.1, -0.05) is 17.7 Å². The molecule has 1 aromatic carbocycles. The minimum Gasteiger partial charge on any atom is -0.298 e. The second-order valence-corrected chi connectivity index (χ2v) is 6.96. The van der Waals surface area contributed by atoms with Crippen LogP contribution < -0.4 is 0 Å². The summed E-state index contributed by atoms with van der Waals surface area (Å²) in [4.78, 5) is 2.53. The molecule has 1 heterocycles. The summed E-state index contributed by atoms with van der Waals surface area (Å²) in [5.41, 5.74) is 1.33. The van der Waals surface area contributed by atoms with E-state index in [1.54, 1.807) is 12.1 Å². The van der Waals surface area contributed by atoms with Gasteiger partial charge in [-0.3, -0.25) is 4.90 Å². The first-order valence-corrected chi connectivity index (χ1v) is 7.43. The Balaban J connectivity index is 1.90. The highest BCUT2D eigenvalue weighted by Gasteiger charge is 2.26. The fourth-order valence-electron chi connectivity index (χ4n) is 2.81. The van der Waals surface area contributed by atoms with Crippen molar-refractivity contribution in [2.24, 2.45) is 5.92 Å². The fourth-order valence-corrected chi connectivity index (χ4v) is 2.93. The van der Waals surface area contributed by atoms with E-state index in [9.17, 15) is 4.39 Å². The zero-order chi connectivity index (χ0) is 14.0. The predicted molar refractivity (Wildman–Crippen MR) is 79.2 cm³/mol. The molecule has 0 spiro atoms. The molecule has 2 rings (SSSR count). The van der Waals surface area contributed by atoms with Crippen LogP contribution in [-0.2, 0) is 6.42 Å². The Morgan fingerprint density at radius 2 is 1.89 bits per heavy atom. The van der Waals surface area contributed by atoms with E-state index in [0.717, 1.165) is 25.1 Å². The van der Waals surface area contributed by atoms with Crippen molar-refractivity contribution in [3.8, 4) is 0 Å². The van der Waals surface area contributed by atoms with Gasteiger partial charge in [0, 0.05) is 5.54 Å². The zero-order valence-corrected chi connectivity index (χ0v) is 12.8. The van der Waals surface area contributed by atoms with Crippen molar-refractivity contribution >= 4 is 11.6 Å². The van der Waals surface area contributed by atoms with Gasteiger partial charge >= 0.3 is 0 Å². The molecular formula is C16H23ClFN. The molecule has 1 aliphatic heterocycles. The summed E-state index contributed by atoms with van der Waals surface area (Å²) in [5, 5.41) is 0.214. The lowest BCUT2D eigenvalue weighted by Gasteiger charge is -2.41. The first-order chi connectivity index (χ1) is 8.86. The Hall–Kier alpha value is -0.600. The van der Waals surface area contributed by atoms with E-state index in [4.69, 9.17) is 11.6 Å². The molecule has 0 radical (unpaired) electrons. The summed E-state index contributed by atoms with van der Waals surface area (Å²) in [7, 11) is 0. The fraction of sp³-hybridized carbons (Fsp3) is 0.625. The molecule has 0 aromatic heterocycles. The number of halogens is 2. The molecule has 19 heavy (non-hydrogen) atoms. The van der Waals surface area contributed by atoms with Crippen LogP contribution >= 0.6 is 11.6 Å². The van der Waals surface area contributed by atoms with Crippen LogP contribution in [0.15, 0.2) is 18.2 Å². The van der Waals surface area contributed by atoms with Gasteiger partial charge < -0.3 is 0 Å². The van der Waals surface area contributed by atoms with E-state index in [1.807, 2.05) is 6.07 Å². The highest BCUT2D eigenvalue weighted by Crippen LogP contribution is 2.27. The van der Waals surface area contributed by atoms with Gasteiger partial charge in [-0.05, 0) is 76.7 Å². The maximum Gasteiger partial charge on any atom is 0.142 e. The van der Waals surface area contributed by atoms with Crippen LogP contribution in [0.1, 0.15) is 39.2 Å². The van der Waals surface area contributed by atoms with E-state index in [-0.39, 0.29) is 16.4 Å². The molecule has 1 nitrogen and oxygen atoms in total. The van der Waals surface area contributed by atoms with Gasteiger partial charge in [0.15, 0.2) is 0 Å². The van der Waals surface area contributed by atoms with Crippen molar-refractivity contribution in [2.75, 3.05) is 13.1 Å². The van der Waals surface area contributed by atoms with Crippen LogP contribution in [0.4, 0.5) is 4.39 Å². The number of hydrogen-bond donors (Lipinski definition) is 0. The van der Waals surface area contributed by atoms with Crippen molar-refractivity contribution in [2.45, 2.75) is 45.6 Å². The van der Waals surface area contributed by atoms with Crippen LogP contribution in [0.5, 0.6) is 0 Å². The van der Waals surface area contributed by atoms with Gasteiger partial charge in [0.05, 0.1) is 5.02 Å². The zero-order valence-electron chi connectivity index (χ0n) is 12.0. The number of benzene rings is 1. The predicted octanol–water partition coefficient (Wildman–Crippen LogP) is 4.53. The molecule has 0 N–H and O–H groups in total. The highest BCUT2D eigenvalue weighted by molar-refractivity contribution is 6.30. The third-order valence-electron chi connectivity index (χ3n) is 4.07. The van der Waals surface area contributed by atoms with Crippen molar-refractivity contribution < 1.29 is 4.39 Å². The second-order valence-electron chi connectivity index (χ2n) is 6.55. The number of rotatable bonds is 2. The minimum atomic E-state index is -0.300. The topological polar surface area (TPSA) is 3.24 Å². The van der Waals surface area contributed by atoms with E-state index in [0.29, 0.717) is 5.92 Å². The monoisotopic (exact) mass is 283 g/mol. The Morgan fingerprint density at radius 1 is 1.26 bits per heavy atom. The van der Waals surface area contributed by atoms with Crippen LogP contribution in [0.3, 0.4) is 0 Å². The number of piperidine rings is 1. The van der Waals surface area contributed by atoms with Crippen molar-refractivity contribution in [1.82, 2.24) is 4.90 Å². The van der Waals surface area contributed by atoms with Crippen LogP contribution in [-0.4, -0.2) is 23.5 Å². The lowest BCUT2D eigenvalue weighted by Crippen LogP contribution is -2.46. The lowest BCUT2D eigenvalue weighted by molar-refractivity contribution is 0.0876. The van der Waals surface area contributed by atoms with E-state index in [2.05, 4.69) is 25.7 Å². The Morgan fingerprint density at radius 3 is 2.42 bits per heavy atom. The van der Waals surface area contributed by atoms with Crippen molar-refractivity contribution in [3.63, 3.8) is 0 Å². The van der Waals surface area contributed by atoms with Gasteiger partial charge in [-0.15, -0.1) is 0 Å². The van der Waals surface area contributed by atoms with E-state index in [1.165, 1.54) is 12.8 Å². The maximum atomic E-state index is 13.4. The average Bonchev–Trinajstić information content (AvgIpc) is 2.33. The molecular weight excluding hydrogens is 261 g/mol. The summed E-state index contributed by atoms with van der Waals surface area (Å²) in [6, 6.07) is 5.19. The Bertz CT molecular complexity index is 431. The van der Waals surface area contributed by atoms with E-state index < -0.39 is 0 Å². The molecule has 0 amide bonds. The molecule has 1 fully saturated rings. The van der Waals surface area contributed by atoms with Gasteiger partial charge in [0.1, 0.15) is 5.82 Å². The lowest BCUT2D eigenvalue weighted by atomic mass is 9.88. The Kier molecular flexibility index (Phi) is 4.52. The first-order valence-electron chi connectivity index (χ1n) is 7.05. The maximum absolute atomic E-state index is 13.4. The van der Waals surface area contributed by atoms with Gasteiger partial charge in [-0.25, -0.2) is 4.39 Å². The summed E-state index contributed by atoms with van der Waals surface area (Å²) in [6.45, 7) is 9.08. The number of likely N-dealkylation sites (tertiary alicyclic amines) is 1. The summed E-state index contributed by atoms with van der Waals surface area (Å²) in [6.07, 6.45) is 3.36. The molecule has 106 valence electrons. The van der Waals surface area contributed by atoms with Crippen molar-refractivity contribution in [3.05, 3.63) is 34.6 Å². The molecule has 1 aliphatic rings. The molecule has 1 aromatic rings. The molecule has 0 saturated carbocycles. The Labute approximate surface area is 120 Å². The molecule has 0 atom stereocenters. The summed E-state index contributed by atoms with van der Waals surface area (Å²) >= 11 is 5.71. The third kappa shape index (κ3) is 3.93. The highest BCUT2D eigenvalue weighted by atomic mass is 35.5. The SMILES string of the molecule is CC(C)(C)N1CCC(Cc2ccc(Cl)c(F)c2)CC1. The molecule has 0 aliphatic carbocycles. The van der Waals surface area contributed by atoms with E-state index >= 15 is 0 Å². The van der Waals surface area contributed by atoms with Gasteiger partial charge in [0.2, 0.25) is 0 Å². The van der Waals surface area contributed by atoms with Gasteiger partial charge in [-0.2, -0.15) is 0 Å². The number of nitrogens with zero attached hydrogens (tertiary/aromatic N) is 1. The summed E-state index contributed by atoms with van der Waals surface area (Å²) in [5.74, 6) is 0.366. The standard InChI is InChI=1S/C16H23ClFN/c1-16(2,3)19-8-6-12(7-9-19)10-13-4-5-14(17)15(18)11-13/h4-5,11-12H,6-10H2,1-3H3. The quantitative estimate of drug-likeness (QED) is 0.771. The smallest absolute Gasteiger partial charge is 0.142 e. The summed E-state index contributed by atoms with van der Waals surface area (Å²) < 4.78 is 13.4. The second kappa shape index (κ2) is 5.80. The molecule has 0 unspecified atom stereocenters. The van der Waals surface area contributed by atoms with Crippen molar-refractivity contribution in [1.29, 1.82) is 0 Å². The minimum absolute atomic E-state index is 0.214. The van der Waals surface area contributed by atoms with Gasteiger partial charge in [0.25, 0.3) is 0 Å². The molecule has 3 heteroatoms. The average molecular weight is 284 g/mol. The largest absolute Gasteiger partial charge is 0.298 e. The van der Waals surface area contributed by atoms with Crippen LogP contribution in [0.2, 0.25) is 5.02 Å². The van der Waals surface area contributed by atoms with Crippen LogP contribution in [0.25, 0.3) is 0 Å². The van der Waals surface area contributed by atoms with Crippen LogP contribution in [0, 0.1) is 11.7 Å². The first kappa shape index (κ1) is 14.8. The molecule has 1 saturated heterocycles.